The van der Waals surface area contributed by atoms with Gasteiger partial charge in [0.1, 0.15) is 5.75 Å². The van der Waals surface area contributed by atoms with Crippen LogP contribution in [0.3, 0.4) is 0 Å². The van der Waals surface area contributed by atoms with Gasteiger partial charge in [0.15, 0.2) is 0 Å². The second-order valence-electron chi connectivity index (χ2n) is 5.63. The van der Waals surface area contributed by atoms with Crippen LogP contribution in [0, 0.1) is 13.8 Å². The molecule has 4 nitrogen and oxygen atoms in total. The number of aryl methyl sites for hydroxylation is 1. The predicted octanol–water partition coefficient (Wildman–Crippen LogP) is 2.51. The summed E-state index contributed by atoms with van der Waals surface area (Å²) in [5.74, 6) is 0.302. The van der Waals surface area contributed by atoms with Crippen molar-refractivity contribution in [2.24, 2.45) is 0 Å². The van der Waals surface area contributed by atoms with E-state index < -0.39 is 0 Å². The first-order valence-electron chi connectivity index (χ1n) is 7.17. The van der Waals surface area contributed by atoms with Crippen LogP contribution in [0.25, 0.3) is 0 Å². The van der Waals surface area contributed by atoms with Crippen LogP contribution in [0.4, 0.5) is 0 Å². The van der Waals surface area contributed by atoms with Gasteiger partial charge in [0, 0.05) is 23.8 Å². The Morgan fingerprint density at radius 1 is 1.25 bits per heavy atom. The summed E-state index contributed by atoms with van der Waals surface area (Å²) in [6.45, 7) is 5.86. The van der Waals surface area contributed by atoms with Crippen molar-refractivity contribution >= 4 is 0 Å². The van der Waals surface area contributed by atoms with E-state index in [-0.39, 0.29) is 0 Å². The number of aromatic hydroxyl groups is 1. The third kappa shape index (κ3) is 2.85. The van der Waals surface area contributed by atoms with E-state index in [9.17, 15) is 5.11 Å². The average Bonchev–Trinajstić information content (AvgIpc) is 3.20. The summed E-state index contributed by atoms with van der Waals surface area (Å²) in [6.07, 6.45) is 2.61. The summed E-state index contributed by atoms with van der Waals surface area (Å²) < 4.78 is 2.05. The molecule has 0 aliphatic heterocycles. The van der Waals surface area contributed by atoms with E-state index in [1.807, 2.05) is 16.8 Å². The lowest BCUT2D eigenvalue weighted by Gasteiger charge is -2.07. The van der Waals surface area contributed by atoms with Gasteiger partial charge in [-0.2, -0.15) is 5.10 Å². The van der Waals surface area contributed by atoms with Crippen molar-refractivity contribution in [2.75, 3.05) is 0 Å². The van der Waals surface area contributed by atoms with Crippen LogP contribution in [-0.2, 0) is 13.1 Å². The van der Waals surface area contributed by atoms with Gasteiger partial charge in [-0.05, 0) is 44.4 Å². The molecule has 1 aromatic heterocycles. The number of rotatable bonds is 5. The van der Waals surface area contributed by atoms with Crippen LogP contribution in [-0.4, -0.2) is 20.9 Å². The van der Waals surface area contributed by atoms with Gasteiger partial charge in [-0.15, -0.1) is 0 Å². The van der Waals surface area contributed by atoms with Crippen LogP contribution in [0.2, 0.25) is 0 Å². The van der Waals surface area contributed by atoms with Crippen LogP contribution < -0.4 is 5.32 Å². The summed E-state index contributed by atoms with van der Waals surface area (Å²) in [5.41, 5.74) is 4.80. The first-order valence-corrected chi connectivity index (χ1v) is 7.17. The summed E-state index contributed by atoms with van der Waals surface area (Å²) in [4.78, 5) is 0. The lowest BCUT2D eigenvalue weighted by atomic mass is 10.2. The third-order valence-electron chi connectivity index (χ3n) is 3.94. The Kier molecular flexibility index (Phi) is 3.49. The molecule has 1 aromatic carbocycles. The Hall–Kier alpha value is -1.81. The smallest absolute Gasteiger partial charge is 0.115 e. The minimum Gasteiger partial charge on any atom is -0.508 e. The molecule has 0 radical (unpaired) electrons. The largest absolute Gasteiger partial charge is 0.508 e. The molecule has 0 amide bonds. The Morgan fingerprint density at radius 3 is 2.60 bits per heavy atom. The van der Waals surface area contributed by atoms with Gasteiger partial charge >= 0.3 is 0 Å². The summed E-state index contributed by atoms with van der Waals surface area (Å²) in [7, 11) is 0. The first-order chi connectivity index (χ1) is 9.63. The highest BCUT2D eigenvalue weighted by molar-refractivity contribution is 5.28. The number of nitrogens with zero attached hydrogens (tertiary/aromatic N) is 2. The Labute approximate surface area is 119 Å². The van der Waals surface area contributed by atoms with Crippen LogP contribution in [0.15, 0.2) is 24.3 Å². The van der Waals surface area contributed by atoms with Gasteiger partial charge in [0.05, 0.1) is 12.2 Å². The van der Waals surface area contributed by atoms with E-state index in [4.69, 9.17) is 0 Å². The quantitative estimate of drug-likeness (QED) is 0.878. The molecule has 20 heavy (non-hydrogen) atoms. The fourth-order valence-electron chi connectivity index (χ4n) is 2.45. The topological polar surface area (TPSA) is 50.1 Å². The Morgan fingerprint density at radius 2 is 1.95 bits per heavy atom. The van der Waals surface area contributed by atoms with E-state index >= 15 is 0 Å². The van der Waals surface area contributed by atoms with Crippen molar-refractivity contribution in [2.45, 2.75) is 45.8 Å². The highest BCUT2D eigenvalue weighted by Crippen LogP contribution is 2.21. The number of phenolic OH excluding ortho intramolecular Hbond substituents is 1. The second-order valence-corrected chi connectivity index (χ2v) is 5.63. The molecule has 0 spiro atoms. The van der Waals surface area contributed by atoms with Gasteiger partial charge < -0.3 is 10.4 Å². The highest BCUT2D eigenvalue weighted by Gasteiger charge is 2.21. The molecule has 1 heterocycles. The van der Waals surface area contributed by atoms with Gasteiger partial charge in [-0.25, -0.2) is 0 Å². The molecule has 1 fully saturated rings. The fourth-order valence-corrected chi connectivity index (χ4v) is 2.45. The lowest BCUT2D eigenvalue weighted by molar-refractivity contribution is 0.475. The maximum atomic E-state index is 9.32. The van der Waals surface area contributed by atoms with Gasteiger partial charge in [-0.1, -0.05) is 12.1 Å². The number of nitrogens with one attached hydrogen (secondary N) is 1. The Bertz CT molecular complexity index is 597. The summed E-state index contributed by atoms with van der Waals surface area (Å²) in [5, 5.41) is 17.5. The van der Waals surface area contributed by atoms with Gasteiger partial charge in [0.2, 0.25) is 0 Å². The zero-order valence-electron chi connectivity index (χ0n) is 12.1. The molecule has 4 heteroatoms. The van der Waals surface area contributed by atoms with Crippen molar-refractivity contribution in [3.8, 4) is 5.75 Å². The minimum atomic E-state index is 0.302. The zero-order valence-corrected chi connectivity index (χ0v) is 12.1. The van der Waals surface area contributed by atoms with Gasteiger partial charge in [-0.3, -0.25) is 4.68 Å². The average molecular weight is 271 g/mol. The molecule has 2 aromatic rings. The minimum absolute atomic E-state index is 0.302. The first kappa shape index (κ1) is 13.2. The van der Waals surface area contributed by atoms with Crippen molar-refractivity contribution < 1.29 is 5.11 Å². The molecule has 1 saturated carbocycles. The number of hydrogen-bond donors (Lipinski definition) is 2. The molecule has 1 aliphatic carbocycles. The molecule has 2 N–H and O–H groups in total. The predicted molar refractivity (Wildman–Crippen MR) is 78.8 cm³/mol. The summed E-state index contributed by atoms with van der Waals surface area (Å²) >= 11 is 0. The number of hydrogen-bond acceptors (Lipinski definition) is 3. The molecule has 1 aliphatic rings. The summed E-state index contributed by atoms with van der Waals surface area (Å²) in [6, 6.07) is 8.03. The SMILES string of the molecule is Cc1nn(Cc2ccc(O)cc2)c(C)c1CNC1CC1. The van der Waals surface area contributed by atoms with Crippen LogP contribution in [0.1, 0.15) is 35.4 Å². The van der Waals surface area contributed by atoms with Crippen LogP contribution in [0.5, 0.6) is 5.75 Å². The van der Waals surface area contributed by atoms with E-state index in [2.05, 4.69) is 24.3 Å². The maximum absolute atomic E-state index is 9.32. The van der Waals surface area contributed by atoms with Crippen molar-refractivity contribution in [3.63, 3.8) is 0 Å². The molecule has 106 valence electrons. The number of phenols is 1. The molecular weight excluding hydrogens is 250 g/mol. The van der Waals surface area contributed by atoms with Crippen LogP contribution >= 0.6 is 0 Å². The van der Waals surface area contributed by atoms with Crippen molar-refractivity contribution in [1.29, 1.82) is 0 Å². The van der Waals surface area contributed by atoms with E-state index in [0.29, 0.717) is 11.8 Å². The van der Waals surface area contributed by atoms with Gasteiger partial charge in [0.25, 0.3) is 0 Å². The van der Waals surface area contributed by atoms with Crippen molar-refractivity contribution in [3.05, 3.63) is 46.8 Å². The third-order valence-corrected chi connectivity index (χ3v) is 3.94. The van der Waals surface area contributed by atoms with Crippen molar-refractivity contribution in [1.82, 2.24) is 15.1 Å². The fraction of sp³-hybridized carbons (Fsp3) is 0.438. The Balaban J connectivity index is 1.75. The molecule has 0 atom stereocenters. The molecule has 3 rings (SSSR count). The standard InChI is InChI=1S/C16H21N3O/c1-11-16(9-17-14-5-6-14)12(2)19(18-11)10-13-3-7-15(20)8-4-13/h3-4,7-8,14,17,20H,5-6,9-10H2,1-2H3. The molecule has 0 saturated heterocycles. The number of aromatic nitrogens is 2. The van der Waals surface area contributed by atoms with E-state index in [1.54, 1.807) is 12.1 Å². The molecule has 0 bridgehead atoms. The van der Waals surface area contributed by atoms with E-state index in [0.717, 1.165) is 24.3 Å². The monoisotopic (exact) mass is 271 g/mol. The second kappa shape index (κ2) is 5.29. The normalized spacial score (nSPS) is 14.7. The molecule has 0 unspecified atom stereocenters. The van der Waals surface area contributed by atoms with E-state index in [1.165, 1.54) is 24.1 Å². The lowest BCUT2D eigenvalue weighted by Crippen LogP contribution is -2.16. The number of benzene rings is 1. The zero-order chi connectivity index (χ0) is 14.1. The molecular formula is C16H21N3O. The highest BCUT2D eigenvalue weighted by atomic mass is 16.3. The maximum Gasteiger partial charge on any atom is 0.115 e.